The second kappa shape index (κ2) is 9.29. The number of carbonyl (C=O) groups is 1. The first-order valence-corrected chi connectivity index (χ1v) is 12.0. The van der Waals surface area contributed by atoms with Gasteiger partial charge in [0.25, 0.3) is 0 Å². The van der Waals surface area contributed by atoms with E-state index in [-0.39, 0.29) is 17.9 Å². The summed E-state index contributed by atoms with van der Waals surface area (Å²) in [6.07, 6.45) is 1.64. The highest BCUT2D eigenvalue weighted by Crippen LogP contribution is 2.27. The highest BCUT2D eigenvalue weighted by molar-refractivity contribution is 5.79. The topological polar surface area (TPSA) is 62.5 Å². The predicted octanol–water partition coefficient (Wildman–Crippen LogP) is 5.11. The Morgan fingerprint density at radius 1 is 1.00 bits per heavy atom. The molecule has 1 fully saturated rings. The average Bonchev–Trinajstić information content (AvgIpc) is 3.28. The number of amides is 1. The maximum Gasteiger partial charge on any atom is 0.223 e. The number of aryl methyl sites for hydroxylation is 2. The number of anilines is 1. The molecular formula is C28H31N5O. The van der Waals surface area contributed by atoms with Gasteiger partial charge in [-0.3, -0.25) is 4.79 Å². The molecule has 1 N–H and O–H groups in total. The summed E-state index contributed by atoms with van der Waals surface area (Å²) in [6, 6.07) is 22.7. The van der Waals surface area contributed by atoms with E-state index in [1.165, 1.54) is 5.56 Å². The van der Waals surface area contributed by atoms with Gasteiger partial charge in [0, 0.05) is 42.4 Å². The van der Waals surface area contributed by atoms with Crippen molar-refractivity contribution in [3.05, 3.63) is 83.6 Å². The zero-order chi connectivity index (χ0) is 23.7. The standard InChI is InChI=1S/C28H31N5O/c1-19-9-11-23(12-10-19)25-18-26-29-20(2)17-27(33(26)31-25)32-15-13-24(14-16-32)28(34)30-21(3)22-7-5-4-6-8-22/h4-12,17-18,21,24H,13-16H2,1-3H3,(H,30,34). The summed E-state index contributed by atoms with van der Waals surface area (Å²) >= 11 is 0. The first-order chi connectivity index (χ1) is 16.5. The molecule has 3 heterocycles. The molecule has 0 bridgehead atoms. The van der Waals surface area contributed by atoms with Gasteiger partial charge in [0.15, 0.2) is 5.65 Å². The van der Waals surface area contributed by atoms with E-state index < -0.39 is 0 Å². The van der Waals surface area contributed by atoms with Gasteiger partial charge in [0.2, 0.25) is 5.91 Å². The van der Waals surface area contributed by atoms with Gasteiger partial charge in [-0.05, 0) is 39.2 Å². The minimum atomic E-state index is 0.0125. The van der Waals surface area contributed by atoms with E-state index in [9.17, 15) is 4.79 Å². The largest absolute Gasteiger partial charge is 0.356 e. The Morgan fingerprint density at radius 2 is 1.71 bits per heavy atom. The van der Waals surface area contributed by atoms with Crippen molar-refractivity contribution in [1.82, 2.24) is 19.9 Å². The monoisotopic (exact) mass is 453 g/mol. The summed E-state index contributed by atoms with van der Waals surface area (Å²) in [4.78, 5) is 20.0. The first-order valence-electron chi connectivity index (χ1n) is 12.0. The number of aromatic nitrogens is 3. The molecule has 174 valence electrons. The maximum atomic E-state index is 12.9. The Hall–Kier alpha value is -3.67. The van der Waals surface area contributed by atoms with Crippen LogP contribution in [-0.4, -0.2) is 33.6 Å². The zero-order valence-electron chi connectivity index (χ0n) is 20.0. The van der Waals surface area contributed by atoms with Crippen LogP contribution in [-0.2, 0) is 4.79 Å². The summed E-state index contributed by atoms with van der Waals surface area (Å²) in [5, 5.41) is 8.09. The van der Waals surface area contributed by atoms with Crippen molar-refractivity contribution >= 4 is 17.4 Å². The van der Waals surface area contributed by atoms with Gasteiger partial charge in [0.1, 0.15) is 5.82 Å². The molecule has 1 aliphatic rings. The van der Waals surface area contributed by atoms with Crippen LogP contribution in [0.1, 0.15) is 42.6 Å². The molecule has 1 aliphatic heterocycles. The second-order valence-electron chi connectivity index (χ2n) is 9.32. The Bertz CT molecular complexity index is 1290. The molecule has 1 amide bonds. The Morgan fingerprint density at radius 3 is 2.41 bits per heavy atom. The van der Waals surface area contributed by atoms with Crippen molar-refractivity contribution in [3.63, 3.8) is 0 Å². The number of fused-ring (bicyclic) bond motifs is 1. The quantitative estimate of drug-likeness (QED) is 0.456. The lowest BCUT2D eigenvalue weighted by Gasteiger charge is -2.33. The van der Waals surface area contributed by atoms with Crippen LogP contribution >= 0.6 is 0 Å². The number of hydrogen-bond donors (Lipinski definition) is 1. The van der Waals surface area contributed by atoms with E-state index in [0.717, 1.165) is 59.9 Å². The molecule has 0 radical (unpaired) electrons. The van der Waals surface area contributed by atoms with E-state index in [1.807, 2.05) is 42.6 Å². The second-order valence-corrected chi connectivity index (χ2v) is 9.32. The normalized spacial score (nSPS) is 15.4. The highest BCUT2D eigenvalue weighted by atomic mass is 16.1. The van der Waals surface area contributed by atoms with Crippen molar-refractivity contribution in [1.29, 1.82) is 0 Å². The van der Waals surface area contributed by atoms with Crippen molar-refractivity contribution in [2.75, 3.05) is 18.0 Å². The molecule has 4 aromatic rings. The van der Waals surface area contributed by atoms with Gasteiger partial charge in [-0.2, -0.15) is 9.61 Å². The van der Waals surface area contributed by atoms with Crippen LogP contribution in [0, 0.1) is 19.8 Å². The minimum absolute atomic E-state index is 0.0125. The van der Waals surface area contributed by atoms with E-state index in [1.54, 1.807) is 0 Å². The lowest BCUT2D eigenvalue weighted by molar-refractivity contribution is -0.126. The number of hydrogen-bond acceptors (Lipinski definition) is 4. The first kappa shape index (κ1) is 22.1. The maximum absolute atomic E-state index is 12.9. The molecule has 0 spiro atoms. The average molecular weight is 454 g/mol. The number of piperidine rings is 1. The van der Waals surface area contributed by atoms with E-state index in [0.29, 0.717) is 0 Å². The van der Waals surface area contributed by atoms with Crippen LogP contribution in [0.5, 0.6) is 0 Å². The van der Waals surface area contributed by atoms with E-state index in [2.05, 4.69) is 59.6 Å². The van der Waals surface area contributed by atoms with Crippen molar-refractivity contribution in [3.8, 4) is 11.3 Å². The Balaban J connectivity index is 1.30. The number of carbonyl (C=O) groups excluding carboxylic acids is 1. The van der Waals surface area contributed by atoms with Gasteiger partial charge < -0.3 is 10.2 Å². The summed E-state index contributed by atoms with van der Waals surface area (Å²) in [6.45, 7) is 7.78. The van der Waals surface area contributed by atoms with Crippen LogP contribution in [0.4, 0.5) is 5.82 Å². The fraction of sp³-hybridized carbons (Fsp3) is 0.321. The van der Waals surface area contributed by atoms with Crippen LogP contribution < -0.4 is 10.2 Å². The van der Waals surface area contributed by atoms with Crippen molar-refractivity contribution in [2.24, 2.45) is 5.92 Å². The van der Waals surface area contributed by atoms with Crippen molar-refractivity contribution in [2.45, 2.75) is 39.7 Å². The molecule has 0 saturated carbocycles. The lowest BCUT2D eigenvalue weighted by Crippen LogP contribution is -2.41. The number of rotatable bonds is 5. The summed E-state index contributed by atoms with van der Waals surface area (Å²) in [7, 11) is 0. The van der Waals surface area contributed by atoms with E-state index >= 15 is 0 Å². The molecule has 6 heteroatoms. The number of nitrogens with zero attached hydrogens (tertiary/aromatic N) is 4. The van der Waals surface area contributed by atoms with Gasteiger partial charge in [0.05, 0.1) is 11.7 Å². The van der Waals surface area contributed by atoms with Crippen LogP contribution in [0.25, 0.3) is 16.9 Å². The molecule has 0 aliphatic carbocycles. The van der Waals surface area contributed by atoms with Gasteiger partial charge >= 0.3 is 0 Å². The number of benzene rings is 2. The van der Waals surface area contributed by atoms with Gasteiger partial charge in [-0.15, -0.1) is 0 Å². The molecule has 1 atom stereocenters. The summed E-state index contributed by atoms with van der Waals surface area (Å²) in [5.41, 5.74) is 6.18. The zero-order valence-corrected chi connectivity index (χ0v) is 20.0. The number of nitrogens with one attached hydrogen (secondary N) is 1. The van der Waals surface area contributed by atoms with Crippen LogP contribution in [0.15, 0.2) is 66.7 Å². The smallest absolute Gasteiger partial charge is 0.223 e. The van der Waals surface area contributed by atoms with Crippen LogP contribution in [0.2, 0.25) is 0 Å². The highest BCUT2D eigenvalue weighted by Gasteiger charge is 2.27. The fourth-order valence-corrected chi connectivity index (χ4v) is 4.70. The predicted molar refractivity (Wildman–Crippen MR) is 136 cm³/mol. The molecule has 1 unspecified atom stereocenters. The van der Waals surface area contributed by atoms with Gasteiger partial charge in [-0.1, -0.05) is 60.2 Å². The third-order valence-corrected chi connectivity index (χ3v) is 6.73. The third kappa shape index (κ3) is 4.53. The van der Waals surface area contributed by atoms with Gasteiger partial charge in [-0.25, -0.2) is 4.98 Å². The Kier molecular flexibility index (Phi) is 6.05. The third-order valence-electron chi connectivity index (χ3n) is 6.73. The molecule has 5 rings (SSSR count). The molecular weight excluding hydrogens is 422 g/mol. The van der Waals surface area contributed by atoms with Crippen molar-refractivity contribution < 1.29 is 4.79 Å². The molecule has 2 aromatic heterocycles. The summed E-state index contributed by atoms with van der Waals surface area (Å²) < 4.78 is 1.94. The minimum Gasteiger partial charge on any atom is -0.356 e. The fourth-order valence-electron chi connectivity index (χ4n) is 4.70. The molecule has 1 saturated heterocycles. The SMILES string of the molecule is Cc1ccc(-c2cc3nc(C)cc(N4CCC(C(=O)NC(C)c5ccccc5)CC4)n3n2)cc1. The molecule has 2 aromatic carbocycles. The molecule has 6 nitrogen and oxygen atoms in total. The lowest BCUT2D eigenvalue weighted by atomic mass is 9.95. The summed E-state index contributed by atoms with van der Waals surface area (Å²) in [5.74, 6) is 1.21. The van der Waals surface area contributed by atoms with E-state index in [4.69, 9.17) is 10.1 Å². The molecule has 34 heavy (non-hydrogen) atoms. The van der Waals surface area contributed by atoms with Crippen LogP contribution in [0.3, 0.4) is 0 Å². The Labute approximate surface area is 200 Å².